The van der Waals surface area contributed by atoms with Crippen LogP contribution in [0.5, 0.6) is 0 Å². The van der Waals surface area contributed by atoms with Crippen LogP contribution >= 0.6 is 0 Å². The van der Waals surface area contributed by atoms with Crippen LogP contribution in [0.4, 0.5) is 5.69 Å². The number of nitrogens with zero attached hydrogens (tertiary/aromatic N) is 1. The molecule has 9 heteroatoms. The molecule has 0 spiro atoms. The van der Waals surface area contributed by atoms with E-state index < -0.39 is 15.8 Å². The topological polar surface area (TPSA) is 110 Å². The summed E-state index contributed by atoms with van der Waals surface area (Å²) in [4.78, 5) is 24.3. The van der Waals surface area contributed by atoms with Crippen molar-refractivity contribution in [2.45, 2.75) is 30.7 Å². The van der Waals surface area contributed by atoms with Gasteiger partial charge in [-0.15, -0.1) is 0 Å². The number of aryl methyl sites for hydroxylation is 1. The first-order valence-corrected chi connectivity index (χ1v) is 10.9. The van der Waals surface area contributed by atoms with Gasteiger partial charge in [0.05, 0.1) is 10.4 Å². The number of carbonyl (C=O) groups excluding carboxylic acids is 1. The second-order valence-electron chi connectivity index (χ2n) is 7.11. The predicted molar refractivity (Wildman–Crippen MR) is 108 cm³/mol. The van der Waals surface area contributed by atoms with Crippen molar-refractivity contribution in [3.63, 3.8) is 0 Å². The highest BCUT2D eigenvalue weighted by atomic mass is 32.2. The first-order chi connectivity index (χ1) is 13.9. The van der Waals surface area contributed by atoms with Gasteiger partial charge in [-0.2, -0.15) is 0 Å². The van der Waals surface area contributed by atoms with E-state index in [1.807, 2.05) is 0 Å². The van der Waals surface area contributed by atoms with Gasteiger partial charge in [0, 0.05) is 25.2 Å². The van der Waals surface area contributed by atoms with E-state index >= 15 is 0 Å². The maximum absolute atomic E-state index is 12.2. The number of sulfonamides is 1. The Balaban J connectivity index is 1.35. The third kappa shape index (κ3) is 4.57. The molecular weight excluding hydrogens is 394 g/mol. The monoisotopic (exact) mass is 415 g/mol. The molecule has 3 aromatic rings. The number of aromatic nitrogens is 1. The summed E-state index contributed by atoms with van der Waals surface area (Å²) >= 11 is 0. The highest BCUT2D eigenvalue weighted by Crippen LogP contribution is 2.28. The van der Waals surface area contributed by atoms with Crippen LogP contribution in [0.3, 0.4) is 0 Å². The zero-order valence-corrected chi connectivity index (χ0v) is 16.4. The van der Waals surface area contributed by atoms with Crippen molar-refractivity contribution in [2.24, 2.45) is 5.92 Å². The van der Waals surface area contributed by atoms with E-state index in [1.54, 1.807) is 36.4 Å². The van der Waals surface area contributed by atoms with Crippen molar-refractivity contribution in [1.29, 1.82) is 0 Å². The van der Waals surface area contributed by atoms with Crippen LogP contribution in [-0.2, 0) is 21.4 Å². The number of hydrogen-bond acceptors (Lipinski definition) is 5. The molecular formula is C20H21N3O5S. The SMILES string of the molecule is O=C(CCn1c(=O)oc2ccccc21)Nc1ccc(S(=O)(=O)NCC2CC2)cc1. The van der Waals surface area contributed by atoms with Gasteiger partial charge < -0.3 is 9.73 Å². The van der Waals surface area contributed by atoms with Crippen LogP contribution in [0.1, 0.15) is 19.3 Å². The lowest BCUT2D eigenvalue weighted by atomic mass is 10.3. The van der Waals surface area contributed by atoms with Crippen LogP contribution in [0.15, 0.2) is 62.6 Å². The molecule has 2 N–H and O–H groups in total. The molecule has 152 valence electrons. The number of oxazole rings is 1. The van der Waals surface area contributed by atoms with Gasteiger partial charge in [0.15, 0.2) is 5.58 Å². The van der Waals surface area contributed by atoms with Gasteiger partial charge in [-0.3, -0.25) is 9.36 Å². The second kappa shape index (κ2) is 7.84. The molecule has 1 heterocycles. The molecule has 0 bridgehead atoms. The summed E-state index contributed by atoms with van der Waals surface area (Å²) in [6, 6.07) is 13.0. The minimum absolute atomic E-state index is 0.0758. The molecule has 0 aliphatic heterocycles. The molecule has 8 nitrogen and oxygen atoms in total. The Bertz CT molecular complexity index is 1190. The molecule has 4 rings (SSSR count). The fourth-order valence-corrected chi connectivity index (χ4v) is 4.13. The highest BCUT2D eigenvalue weighted by molar-refractivity contribution is 7.89. The van der Waals surface area contributed by atoms with Gasteiger partial charge >= 0.3 is 5.76 Å². The number of fused-ring (bicyclic) bond motifs is 1. The summed E-state index contributed by atoms with van der Waals surface area (Å²) in [6.45, 7) is 0.641. The van der Waals surface area contributed by atoms with Crippen molar-refractivity contribution < 1.29 is 17.6 Å². The van der Waals surface area contributed by atoms with Gasteiger partial charge in [-0.25, -0.2) is 17.9 Å². The number of para-hydroxylation sites is 2. The normalized spacial score (nSPS) is 14.2. The Kier molecular flexibility index (Phi) is 5.25. The lowest BCUT2D eigenvalue weighted by Crippen LogP contribution is -2.25. The Morgan fingerprint density at radius 3 is 2.55 bits per heavy atom. The van der Waals surface area contributed by atoms with E-state index in [0.29, 0.717) is 29.2 Å². The first kappa shape index (κ1) is 19.4. The summed E-state index contributed by atoms with van der Waals surface area (Å²) in [5.41, 5.74) is 1.60. The summed E-state index contributed by atoms with van der Waals surface area (Å²) in [6.07, 6.45) is 2.20. The Labute approximate surface area is 167 Å². The van der Waals surface area contributed by atoms with Gasteiger partial charge in [-0.1, -0.05) is 12.1 Å². The zero-order valence-electron chi connectivity index (χ0n) is 15.6. The largest absolute Gasteiger partial charge is 0.419 e. The summed E-state index contributed by atoms with van der Waals surface area (Å²) in [7, 11) is -3.54. The fraction of sp³-hybridized carbons (Fsp3) is 0.300. The number of benzene rings is 2. The van der Waals surface area contributed by atoms with Crippen LogP contribution in [0.2, 0.25) is 0 Å². The van der Waals surface area contributed by atoms with Crippen molar-refractivity contribution in [3.8, 4) is 0 Å². The van der Waals surface area contributed by atoms with Crippen LogP contribution in [-0.4, -0.2) is 25.4 Å². The Morgan fingerprint density at radius 2 is 1.83 bits per heavy atom. The summed E-state index contributed by atoms with van der Waals surface area (Å²) < 4.78 is 33.6. The molecule has 29 heavy (non-hydrogen) atoms. The molecule has 1 amide bonds. The maximum atomic E-state index is 12.2. The molecule has 1 saturated carbocycles. The molecule has 1 fully saturated rings. The lowest BCUT2D eigenvalue weighted by molar-refractivity contribution is -0.116. The van der Waals surface area contributed by atoms with Crippen molar-refractivity contribution in [1.82, 2.24) is 9.29 Å². The van der Waals surface area contributed by atoms with Gasteiger partial charge in [-0.05, 0) is 55.2 Å². The number of rotatable bonds is 8. The Morgan fingerprint density at radius 1 is 1.10 bits per heavy atom. The number of carbonyl (C=O) groups is 1. The summed E-state index contributed by atoms with van der Waals surface area (Å²) in [5.74, 6) is -0.347. The third-order valence-corrected chi connectivity index (χ3v) is 6.28. The lowest BCUT2D eigenvalue weighted by Gasteiger charge is -2.08. The van der Waals surface area contributed by atoms with E-state index in [-0.39, 0.29) is 23.8 Å². The van der Waals surface area contributed by atoms with E-state index in [4.69, 9.17) is 4.42 Å². The minimum Gasteiger partial charge on any atom is -0.408 e. The number of nitrogens with one attached hydrogen (secondary N) is 2. The van der Waals surface area contributed by atoms with Crippen molar-refractivity contribution >= 4 is 32.7 Å². The molecule has 0 atom stereocenters. The minimum atomic E-state index is -3.54. The van der Waals surface area contributed by atoms with E-state index in [0.717, 1.165) is 12.8 Å². The number of anilines is 1. The molecule has 0 saturated heterocycles. The second-order valence-corrected chi connectivity index (χ2v) is 8.87. The van der Waals surface area contributed by atoms with Crippen molar-refractivity contribution in [3.05, 3.63) is 59.1 Å². The molecule has 1 aliphatic rings. The van der Waals surface area contributed by atoms with E-state index in [2.05, 4.69) is 10.0 Å². The third-order valence-electron chi connectivity index (χ3n) is 4.84. The molecule has 0 radical (unpaired) electrons. The van der Waals surface area contributed by atoms with Gasteiger partial charge in [0.2, 0.25) is 15.9 Å². The fourth-order valence-electron chi connectivity index (χ4n) is 3.01. The Hall–Kier alpha value is -2.91. The summed E-state index contributed by atoms with van der Waals surface area (Å²) in [5, 5.41) is 2.71. The smallest absolute Gasteiger partial charge is 0.408 e. The van der Waals surface area contributed by atoms with Crippen molar-refractivity contribution in [2.75, 3.05) is 11.9 Å². The van der Waals surface area contributed by atoms with E-state index in [9.17, 15) is 18.0 Å². The predicted octanol–water partition coefficient (Wildman–Crippen LogP) is 2.31. The van der Waals surface area contributed by atoms with Crippen LogP contribution in [0.25, 0.3) is 11.1 Å². The van der Waals surface area contributed by atoms with Gasteiger partial charge in [0.25, 0.3) is 0 Å². The van der Waals surface area contributed by atoms with Crippen LogP contribution in [0, 0.1) is 5.92 Å². The average molecular weight is 415 g/mol. The number of hydrogen-bond donors (Lipinski definition) is 2. The molecule has 0 unspecified atom stereocenters. The zero-order chi connectivity index (χ0) is 20.4. The van der Waals surface area contributed by atoms with Gasteiger partial charge in [0.1, 0.15) is 0 Å². The average Bonchev–Trinajstić information content (AvgIpc) is 3.47. The van der Waals surface area contributed by atoms with E-state index in [1.165, 1.54) is 16.7 Å². The number of amides is 1. The maximum Gasteiger partial charge on any atom is 0.419 e. The highest BCUT2D eigenvalue weighted by Gasteiger charge is 2.24. The quantitative estimate of drug-likeness (QED) is 0.587. The molecule has 1 aliphatic carbocycles. The molecule has 2 aromatic carbocycles. The molecule has 1 aromatic heterocycles. The first-order valence-electron chi connectivity index (χ1n) is 9.40. The standard InChI is InChI=1S/C20H21N3O5S/c24-19(11-12-23-17-3-1-2-4-18(17)28-20(23)25)22-15-7-9-16(10-8-15)29(26,27)21-13-14-5-6-14/h1-4,7-10,14,21H,5-6,11-13H2,(H,22,24). The van der Waals surface area contributed by atoms with Crippen LogP contribution < -0.4 is 15.8 Å².